The first-order valence-electron chi connectivity index (χ1n) is 8.71. The number of halogens is 1. The molecule has 1 fully saturated rings. The first kappa shape index (κ1) is 20.5. The minimum atomic E-state index is -0.680. The second-order valence-corrected chi connectivity index (χ2v) is 6.87. The normalized spacial score (nSPS) is 15.1. The van der Waals surface area contributed by atoms with Gasteiger partial charge in [0.05, 0.1) is 19.9 Å². The fourth-order valence-electron chi connectivity index (χ4n) is 3.21. The quantitative estimate of drug-likeness (QED) is 0.459. The number of aromatic nitrogens is 1. The summed E-state index contributed by atoms with van der Waals surface area (Å²) in [4.78, 5) is 36.8. The number of imide groups is 1. The molecule has 1 aromatic heterocycles. The van der Waals surface area contributed by atoms with E-state index in [9.17, 15) is 14.4 Å². The molecule has 2 heterocycles. The van der Waals surface area contributed by atoms with Crippen LogP contribution in [-0.4, -0.2) is 48.1 Å². The smallest absolute Gasteiger partial charge is 0.329 e. The topological polar surface area (TPSA) is 89.9 Å². The van der Waals surface area contributed by atoms with Gasteiger partial charge in [0.15, 0.2) is 0 Å². The van der Waals surface area contributed by atoms with Crippen molar-refractivity contribution < 1.29 is 23.9 Å². The predicted molar refractivity (Wildman–Crippen MR) is 107 cm³/mol. The predicted octanol–water partition coefficient (Wildman–Crippen LogP) is 2.82. The van der Waals surface area contributed by atoms with Crippen molar-refractivity contribution in [1.82, 2.24) is 14.8 Å². The van der Waals surface area contributed by atoms with Crippen molar-refractivity contribution in [3.8, 4) is 11.4 Å². The number of carbonyl (C=O) groups is 3. The maximum absolute atomic E-state index is 12.5. The number of hydrogen-bond acceptors (Lipinski definition) is 5. The lowest BCUT2D eigenvalue weighted by atomic mass is 10.2. The summed E-state index contributed by atoms with van der Waals surface area (Å²) in [6, 6.07) is 6.52. The fourth-order valence-corrected chi connectivity index (χ4v) is 3.37. The molecule has 9 heteroatoms. The second kappa shape index (κ2) is 8.00. The van der Waals surface area contributed by atoms with Gasteiger partial charge in [-0.25, -0.2) is 9.69 Å². The lowest BCUT2D eigenvalue weighted by Crippen LogP contribution is -2.36. The summed E-state index contributed by atoms with van der Waals surface area (Å²) < 4.78 is 11.9. The van der Waals surface area contributed by atoms with Crippen LogP contribution in [0, 0.1) is 13.8 Å². The number of hydrogen-bond donors (Lipinski definition) is 1. The zero-order chi connectivity index (χ0) is 21.3. The highest BCUT2D eigenvalue weighted by Gasteiger charge is 2.35. The summed E-state index contributed by atoms with van der Waals surface area (Å²) >= 11 is 6.16. The zero-order valence-electron chi connectivity index (χ0n) is 16.4. The molecule has 0 radical (unpaired) electrons. The van der Waals surface area contributed by atoms with Crippen LogP contribution < -0.4 is 10.1 Å². The lowest BCUT2D eigenvalue weighted by Gasteiger charge is -2.14. The Morgan fingerprint density at radius 3 is 2.59 bits per heavy atom. The van der Waals surface area contributed by atoms with Crippen LogP contribution in [0.5, 0.6) is 5.75 Å². The zero-order valence-corrected chi connectivity index (χ0v) is 17.2. The minimum absolute atomic E-state index is 0.0808. The van der Waals surface area contributed by atoms with Gasteiger partial charge in [-0.2, -0.15) is 0 Å². The molecule has 0 saturated carbocycles. The van der Waals surface area contributed by atoms with Crippen LogP contribution in [0.3, 0.4) is 0 Å². The van der Waals surface area contributed by atoms with Crippen LogP contribution in [0.25, 0.3) is 11.8 Å². The molecule has 152 valence electrons. The molecule has 0 atom stereocenters. The highest BCUT2D eigenvalue weighted by molar-refractivity contribution is 6.30. The number of amides is 3. The SMILES string of the molecule is COC(=O)CN1C(=O)NC(=Cc2cc(C)n(-c3cc(Cl)ccc3OC)c2C)C1=O. The van der Waals surface area contributed by atoms with E-state index < -0.39 is 24.5 Å². The number of carbonyl (C=O) groups excluding carboxylic acids is 3. The molecule has 0 aliphatic carbocycles. The Hall–Kier alpha value is -3.26. The van der Waals surface area contributed by atoms with Crippen LogP contribution in [0.1, 0.15) is 17.0 Å². The fraction of sp³-hybridized carbons (Fsp3) is 0.250. The van der Waals surface area contributed by atoms with E-state index in [1.807, 2.05) is 24.5 Å². The van der Waals surface area contributed by atoms with E-state index in [4.69, 9.17) is 16.3 Å². The van der Waals surface area contributed by atoms with E-state index in [2.05, 4.69) is 10.1 Å². The van der Waals surface area contributed by atoms with E-state index in [0.717, 1.165) is 27.5 Å². The Morgan fingerprint density at radius 2 is 1.93 bits per heavy atom. The molecule has 1 aliphatic heterocycles. The number of urea groups is 1. The highest BCUT2D eigenvalue weighted by Crippen LogP contribution is 2.31. The Labute approximate surface area is 172 Å². The van der Waals surface area contributed by atoms with Crippen LogP contribution in [-0.2, 0) is 14.3 Å². The molecule has 0 unspecified atom stereocenters. The summed E-state index contributed by atoms with van der Waals surface area (Å²) in [6.07, 6.45) is 1.58. The number of nitrogens with one attached hydrogen (secondary N) is 1. The molecule has 8 nitrogen and oxygen atoms in total. The molecule has 0 spiro atoms. The molecule has 1 aromatic carbocycles. The Kier molecular flexibility index (Phi) is 5.65. The Bertz CT molecular complexity index is 1040. The Balaban J connectivity index is 2.00. The summed E-state index contributed by atoms with van der Waals surface area (Å²) in [7, 11) is 2.77. The number of nitrogens with zero attached hydrogens (tertiary/aromatic N) is 2. The molecule has 29 heavy (non-hydrogen) atoms. The van der Waals surface area contributed by atoms with Crippen molar-refractivity contribution in [2.75, 3.05) is 20.8 Å². The molecule has 0 bridgehead atoms. The van der Waals surface area contributed by atoms with E-state index in [1.54, 1.807) is 31.4 Å². The molecule has 1 aliphatic rings. The molecular weight excluding hydrogens is 398 g/mol. The van der Waals surface area contributed by atoms with Gasteiger partial charge in [0.2, 0.25) is 0 Å². The highest BCUT2D eigenvalue weighted by atomic mass is 35.5. The molecule has 3 rings (SSSR count). The number of methoxy groups -OCH3 is 2. The second-order valence-electron chi connectivity index (χ2n) is 6.43. The summed E-state index contributed by atoms with van der Waals surface area (Å²) in [5.74, 6) is -0.628. The lowest BCUT2D eigenvalue weighted by molar-refractivity contribution is -0.143. The van der Waals surface area contributed by atoms with Crippen LogP contribution in [0.15, 0.2) is 30.0 Å². The third kappa shape index (κ3) is 3.84. The van der Waals surface area contributed by atoms with Crippen LogP contribution >= 0.6 is 11.6 Å². The summed E-state index contributed by atoms with van der Waals surface area (Å²) in [6.45, 7) is 3.35. The number of rotatable bonds is 5. The van der Waals surface area contributed by atoms with Gasteiger partial charge in [-0.15, -0.1) is 0 Å². The van der Waals surface area contributed by atoms with Gasteiger partial charge in [0.25, 0.3) is 5.91 Å². The van der Waals surface area contributed by atoms with Gasteiger partial charge in [0.1, 0.15) is 18.0 Å². The first-order valence-corrected chi connectivity index (χ1v) is 9.08. The third-order valence-electron chi connectivity index (χ3n) is 4.63. The van der Waals surface area contributed by atoms with Gasteiger partial charge in [-0.3, -0.25) is 9.59 Å². The van der Waals surface area contributed by atoms with Crippen molar-refractivity contribution in [1.29, 1.82) is 0 Å². The van der Waals surface area contributed by atoms with Gasteiger partial charge < -0.3 is 19.4 Å². The molecular formula is C20H20ClN3O5. The van der Waals surface area contributed by atoms with Crippen LogP contribution in [0.4, 0.5) is 4.79 Å². The number of benzene rings is 1. The van der Waals surface area contributed by atoms with Crippen molar-refractivity contribution in [2.24, 2.45) is 0 Å². The van der Waals surface area contributed by atoms with Crippen molar-refractivity contribution in [3.05, 3.63) is 51.9 Å². The van der Waals surface area contributed by atoms with Crippen molar-refractivity contribution in [2.45, 2.75) is 13.8 Å². The van der Waals surface area contributed by atoms with Gasteiger partial charge in [-0.1, -0.05) is 11.6 Å². The van der Waals surface area contributed by atoms with E-state index in [1.165, 1.54) is 7.11 Å². The van der Waals surface area contributed by atoms with Gasteiger partial charge >= 0.3 is 12.0 Å². The number of esters is 1. The summed E-state index contributed by atoms with van der Waals surface area (Å²) in [5, 5.41) is 3.05. The maximum Gasteiger partial charge on any atom is 0.329 e. The van der Waals surface area contributed by atoms with Gasteiger partial charge in [0, 0.05) is 16.4 Å². The van der Waals surface area contributed by atoms with E-state index in [0.29, 0.717) is 10.8 Å². The van der Waals surface area contributed by atoms with Gasteiger partial charge in [-0.05, 0) is 49.8 Å². The number of ether oxygens (including phenoxy) is 2. The maximum atomic E-state index is 12.5. The molecule has 1 N–H and O–H groups in total. The first-order chi connectivity index (χ1) is 13.8. The average molecular weight is 418 g/mol. The van der Waals surface area contributed by atoms with Crippen molar-refractivity contribution in [3.63, 3.8) is 0 Å². The third-order valence-corrected chi connectivity index (χ3v) is 4.86. The standard InChI is InChI=1S/C20H20ClN3O5/c1-11-7-13(8-15-19(26)23(20(27)22-15)10-18(25)29-4)12(2)24(11)16-9-14(21)5-6-17(16)28-3/h5-9H,10H2,1-4H3,(H,22,27). The largest absolute Gasteiger partial charge is 0.495 e. The number of aryl methyl sites for hydroxylation is 1. The molecule has 1 saturated heterocycles. The average Bonchev–Trinajstić information content (AvgIpc) is 3.11. The monoisotopic (exact) mass is 417 g/mol. The molecule has 3 amide bonds. The minimum Gasteiger partial charge on any atom is -0.495 e. The van der Waals surface area contributed by atoms with E-state index >= 15 is 0 Å². The summed E-state index contributed by atoms with van der Waals surface area (Å²) in [5.41, 5.74) is 3.28. The van der Waals surface area contributed by atoms with Crippen LogP contribution in [0.2, 0.25) is 5.02 Å². The molecule has 2 aromatic rings. The van der Waals surface area contributed by atoms with Crippen molar-refractivity contribution >= 4 is 35.6 Å². The van der Waals surface area contributed by atoms with E-state index in [-0.39, 0.29) is 5.70 Å². The Morgan fingerprint density at radius 1 is 1.21 bits per heavy atom.